The average Bonchev–Trinajstić information content (AvgIpc) is 2.18. The highest BCUT2D eigenvalue weighted by Crippen LogP contribution is 2.20. The third-order valence-electron chi connectivity index (χ3n) is 3.42. The molecule has 0 atom stereocenters. The molecule has 0 aromatic heterocycles. The van der Waals surface area contributed by atoms with Crippen LogP contribution in [0.2, 0.25) is 0 Å². The SMILES string of the molecule is CN1CCC(N(C)CC(C)(C)CO)CC1. The van der Waals surface area contributed by atoms with Gasteiger partial charge in [-0.1, -0.05) is 13.8 Å². The molecule has 1 fully saturated rings. The summed E-state index contributed by atoms with van der Waals surface area (Å²) in [5, 5.41) is 9.25. The van der Waals surface area contributed by atoms with Gasteiger partial charge in [-0.05, 0) is 40.0 Å². The van der Waals surface area contributed by atoms with Crippen molar-refractivity contribution in [1.82, 2.24) is 9.80 Å². The maximum atomic E-state index is 9.25. The first kappa shape index (κ1) is 12.9. The first-order valence-corrected chi connectivity index (χ1v) is 5.94. The molecule has 3 heteroatoms. The Morgan fingerprint density at radius 1 is 1.33 bits per heavy atom. The van der Waals surface area contributed by atoms with Gasteiger partial charge in [0, 0.05) is 24.6 Å². The first-order valence-electron chi connectivity index (χ1n) is 5.94. The zero-order valence-electron chi connectivity index (χ0n) is 10.7. The summed E-state index contributed by atoms with van der Waals surface area (Å²) in [7, 11) is 4.38. The minimum absolute atomic E-state index is 0.0259. The molecule has 0 saturated carbocycles. The van der Waals surface area contributed by atoms with Gasteiger partial charge in [-0.15, -0.1) is 0 Å². The van der Waals surface area contributed by atoms with Gasteiger partial charge in [-0.2, -0.15) is 0 Å². The normalized spacial score (nSPS) is 21.2. The highest BCUT2D eigenvalue weighted by atomic mass is 16.3. The van der Waals surface area contributed by atoms with Gasteiger partial charge < -0.3 is 14.9 Å². The van der Waals surface area contributed by atoms with E-state index in [0.717, 1.165) is 6.54 Å². The zero-order valence-corrected chi connectivity index (χ0v) is 10.7. The number of piperidine rings is 1. The Bertz CT molecular complexity index is 186. The van der Waals surface area contributed by atoms with E-state index in [2.05, 4.69) is 37.7 Å². The van der Waals surface area contributed by atoms with Crippen LogP contribution in [0.25, 0.3) is 0 Å². The zero-order chi connectivity index (χ0) is 11.5. The Balaban J connectivity index is 2.37. The van der Waals surface area contributed by atoms with Crippen LogP contribution in [0.15, 0.2) is 0 Å². The van der Waals surface area contributed by atoms with E-state index in [4.69, 9.17) is 0 Å². The summed E-state index contributed by atoms with van der Waals surface area (Å²) in [5.74, 6) is 0. The summed E-state index contributed by atoms with van der Waals surface area (Å²) in [5.41, 5.74) is 0.0259. The molecule has 3 nitrogen and oxygen atoms in total. The van der Waals surface area contributed by atoms with Gasteiger partial charge in [0.1, 0.15) is 0 Å². The molecule has 0 unspecified atom stereocenters. The first-order chi connectivity index (χ1) is 6.94. The highest BCUT2D eigenvalue weighted by Gasteiger charge is 2.25. The second-order valence-electron chi connectivity index (χ2n) is 5.77. The fourth-order valence-electron chi connectivity index (χ4n) is 2.29. The topological polar surface area (TPSA) is 26.7 Å². The summed E-state index contributed by atoms with van der Waals surface area (Å²) in [6.07, 6.45) is 2.52. The van der Waals surface area contributed by atoms with Crippen LogP contribution in [-0.2, 0) is 0 Å². The number of hydrogen-bond acceptors (Lipinski definition) is 3. The fourth-order valence-corrected chi connectivity index (χ4v) is 2.29. The predicted molar refractivity (Wildman–Crippen MR) is 64.0 cm³/mol. The molecular weight excluding hydrogens is 188 g/mol. The van der Waals surface area contributed by atoms with Crippen molar-refractivity contribution in [1.29, 1.82) is 0 Å². The summed E-state index contributed by atoms with van der Waals surface area (Å²) < 4.78 is 0. The maximum absolute atomic E-state index is 9.25. The lowest BCUT2D eigenvalue weighted by molar-refractivity contribution is 0.0721. The van der Waals surface area contributed by atoms with Crippen molar-refractivity contribution in [2.75, 3.05) is 40.3 Å². The molecule has 0 amide bonds. The van der Waals surface area contributed by atoms with Gasteiger partial charge in [0.15, 0.2) is 0 Å². The van der Waals surface area contributed by atoms with Crippen molar-refractivity contribution in [2.24, 2.45) is 5.41 Å². The molecule has 0 aromatic rings. The van der Waals surface area contributed by atoms with Crippen LogP contribution >= 0.6 is 0 Å². The van der Waals surface area contributed by atoms with E-state index in [1.807, 2.05) is 0 Å². The molecule has 1 aliphatic rings. The number of aliphatic hydroxyl groups excluding tert-OH is 1. The molecule has 1 rings (SSSR count). The molecule has 0 bridgehead atoms. The summed E-state index contributed by atoms with van der Waals surface area (Å²) >= 11 is 0. The van der Waals surface area contributed by atoms with Crippen LogP contribution in [0.5, 0.6) is 0 Å². The molecule has 1 aliphatic heterocycles. The second kappa shape index (κ2) is 5.28. The standard InChI is InChI=1S/C12H26N2O/c1-12(2,10-15)9-14(4)11-5-7-13(3)8-6-11/h11,15H,5-10H2,1-4H3. The quantitative estimate of drug-likeness (QED) is 0.757. The average molecular weight is 214 g/mol. The van der Waals surface area contributed by atoms with Crippen molar-refractivity contribution in [3.63, 3.8) is 0 Å². The molecule has 1 saturated heterocycles. The maximum Gasteiger partial charge on any atom is 0.0494 e. The van der Waals surface area contributed by atoms with Gasteiger partial charge in [-0.25, -0.2) is 0 Å². The van der Waals surface area contributed by atoms with Crippen molar-refractivity contribution in [3.05, 3.63) is 0 Å². The van der Waals surface area contributed by atoms with Gasteiger partial charge >= 0.3 is 0 Å². The summed E-state index contributed by atoms with van der Waals surface area (Å²) in [4.78, 5) is 4.81. The van der Waals surface area contributed by atoms with Crippen molar-refractivity contribution in [2.45, 2.75) is 32.7 Å². The summed E-state index contributed by atoms with van der Waals surface area (Å²) in [6, 6.07) is 0.701. The van der Waals surface area contributed by atoms with Gasteiger partial charge in [0.25, 0.3) is 0 Å². The molecule has 0 aliphatic carbocycles. The van der Waals surface area contributed by atoms with E-state index < -0.39 is 0 Å². The van der Waals surface area contributed by atoms with E-state index >= 15 is 0 Å². The molecule has 1 N–H and O–H groups in total. The Morgan fingerprint density at radius 2 is 1.87 bits per heavy atom. The minimum Gasteiger partial charge on any atom is -0.396 e. The van der Waals surface area contributed by atoms with Crippen LogP contribution in [0.4, 0.5) is 0 Å². The predicted octanol–water partition coefficient (Wildman–Crippen LogP) is 1.03. The number of nitrogens with zero attached hydrogens (tertiary/aromatic N) is 2. The van der Waals surface area contributed by atoms with Crippen molar-refractivity contribution >= 4 is 0 Å². The third kappa shape index (κ3) is 4.09. The molecule has 90 valence electrons. The molecule has 1 heterocycles. The Kier molecular flexibility index (Phi) is 4.56. The van der Waals surface area contributed by atoms with Crippen LogP contribution in [0.3, 0.4) is 0 Å². The van der Waals surface area contributed by atoms with E-state index in [0.29, 0.717) is 6.04 Å². The highest BCUT2D eigenvalue weighted by molar-refractivity contribution is 4.80. The van der Waals surface area contributed by atoms with Crippen molar-refractivity contribution in [3.8, 4) is 0 Å². The van der Waals surface area contributed by atoms with Crippen LogP contribution in [-0.4, -0.2) is 61.3 Å². The number of rotatable bonds is 4. The minimum atomic E-state index is 0.0259. The van der Waals surface area contributed by atoms with Crippen LogP contribution in [0, 0.1) is 5.41 Å². The third-order valence-corrected chi connectivity index (χ3v) is 3.42. The Hall–Kier alpha value is -0.120. The summed E-state index contributed by atoms with van der Waals surface area (Å²) in [6.45, 7) is 7.90. The number of hydrogen-bond donors (Lipinski definition) is 1. The molecule has 15 heavy (non-hydrogen) atoms. The fraction of sp³-hybridized carbons (Fsp3) is 1.00. The van der Waals surface area contributed by atoms with Gasteiger partial charge in [-0.3, -0.25) is 0 Å². The molecule has 0 radical (unpaired) electrons. The largest absolute Gasteiger partial charge is 0.396 e. The second-order valence-corrected chi connectivity index (χ2v) is 5.77. The lowest BCUT2D eigenvalue weighted by Gasteiger charge is -2.38. The molecular formula is C12H26N2O. The van der Waals surface area contributed by atoms with Gasteiger partial charge in [0.2, 0.25) is 0 Å². The Labute approximate surface area is 94.1 Å². The number of likely N-dealkylation sites (tertiary alicyclic amines) is 1. The monoisotopic (exact) mass is 214 g/mol. The van der Waals surface area contributed by atoms with E-state index in [9.17, 15) is 5.11 Å². The van der Waals surface area contributed by atoms with E-state index in [1.54, 1.807) is 0 Å². The Morgan fingerprint density at radius 3 is 2.33 bits per heavy atom. The lowest BCUT2D eigenvalue weighted by atomic mass is 9.92. The van der Waals surface area contributed by atoms with E-state index in [-0.39, 0.29) is 12.0 Å². The molecule has 0 aromatic carbocycles. The van der Waals surface area contributed by atoms with Gasteiger partial charge in [0.05, 0.1) is 0 Å². The van der Waals surface area contributed by atoms with Crippen LogP contribution < -0.4 is 0 Å². The lowest BCUT2D eigenvalue weighted by Crippen LogP contribution is -2.45. The van der Waals surface area contributed by atoms with Crippen LogP contribution in [0.1, 0.15) is 26.7 Å². The van der Waals surface area contributed by atoms with E-state index in [1.165, 1.54) is 25.9 Å². The number of aliphatic hydroxyl groups is 1. The smallest absolute Gasteiger partial charge is 0.0494 e. The molecule has 0 spiro atoms. The van der Waals surface area contributed by atoms with Crippen molar-refractivity contribution < 1.29 is 5.11 Å².